The maximum atomic E-state index is 11.7. The van der Waals surface area contributed by atoms with E-state index in [1.165, 1.54) is 38.5 Å². The van der Waals surface area contributed by atoms with Crippen molar-refractivity contribution in [1.29, 1.82) is 0 Å². The van der Waals surface area contributed by atoms with Crippen LogP contribution in [0.5, 0.6) is 0 Å². The molecule has 102 valence electrons. The summed E-state index contributed by atoms with van der Waals surface area (Å²) in [6, 6.07) is 1.98. The molecule has 2 saturated heterocycles. The first-order chi connectivity index (χ1) is 8.66. The normalized spacial score (nSPS) is 41.6. The molecule has 0 radical (unpaired) electrons. The zero-order valence-corrected chi connectivity index (χ0v) is 11.9. The lowest BCUT2D eigenvalue weighted by molar-refractivity contribution is -0.125. The van der Waals surface area contributed by atoms with Crippen molar-refractivity contribution in [1.82, 2.24) is 4.90 Å². The molecule has 2 heterocycles. The van der Waals surface area contributed by atoms with E-state index in [-0.39, 0.29) is 0 Å². The van der Waals surface area contributed by atoms with Gasteiger partial charge in [0.25, 0.3) is 0 Å². The van der Waals surface area contributed by atoms with Gasteiger partial charge in [0.05, 0.1) is 0 Å². The maximum absolute atomic E-state index is 11.7. The van der Waals surface area contributed by atoms with Gasteiger partial charge in [0.2, 0.25) is 0 Å². The second-order valence-corrected chi connectivity index (χ2v) is 7.04. The summed E-state index contributed by atoms with van der Waals surface area (Å²) in [6.45, 7) is 4.78. The summed E-state index contributed by atoms with van der Waals surface area (Å²) in [7, 11) is 0. The Bertz CT molecular complexity index is 309. The number of Topliss-reactive ketones (excluding diaryl/α,β-unsaturated/α-hetero) is 1. The predicted molar refractivity (Wildman–Crippen MR) is 73.5 cm³/mol. The Labute approximate surface area is 111 Å². The molecule has 0 aromatic carbocycles. The maximum Gasteiger partial charge on any atom is 0.136 e. The van der Waals surface area contributed by atoms with Gasteiger partial charge in [-0.05, 0) is 37.5 Å². The third-order valence-electron chi connectivity index (χ3n) is 5.62. The number of fused-ring (bicyclic) bond motifs is 2. The van der Waals surface area contributed by atoms with Crippen molar-refractivity contribution in [2.24, 2.45) is 11.8 Å². The fraction of sp³-hybridized carbons (Fsp3) is 0.938. The molecule has 0 spiro atoms. The Kier molecular flexibility index (Phi) is 3.48. The predicted octanol–water partition coefficient (Wildman–Crippen LogP) is 3.40. The molecule has 1 aliphatic carbocycles. The number of rotatable bonds is 2. The van der Waals surface area contributed by atoms with Crippen molar-refractivity contribution in [3.05, 3.63) is 0 Å². The van der Waals surface area contributed by atoms with Gasteiger partial charge in [-0.15, -0.1) is 0 Å². The SMILES string of the molecule is CC(C)C1CCCCC1N1C2CCC1CC(=O)C2. The van der Waals surface area contributed by atoms with Gasteiger partial charge in [0, 0.05) is 31.0 Å². The Morgan fingerprint density at radius 2 is 1.61 bits per heavy atom. The number of hydrogen-bond donors (Lipinski definition) is 0. The van der Waals surface area contributed by atoms with Crippen LogP contribution in [-0.4, -0.2) is 28.8 Å². The topological polar surface area (TPSA) is 20.3 Å². The van der Waals surface area contributed by atoms with Crippen LogP contribution >= 0.6 is 0 Å². The molecule has 4 atom stereocenters. The highest BCUT2D eigenvalue weighted by Crippen LogP contribution is 2.42. The van der Waals surface area contributed by atoms with E-state index in [0.29, 0.717) is 17.9 Å². The summed E-state index contributed by atoms with van der Waals surface area (Å²) in [5.74, 6) is 2.19. The lowest BCUT2D eigenvalue weighted by atomic mass is 9.76. The Morgan fingerprint density at radius 1 is 1.00 bits per heavy atom. The highest BCUT2D eigenvalue weighted by molar-refractivity contribution is 5.81. The van der Waals surface area contributed by atoms with E-state index >= 15 is 0 Å². The third kappa shape index (κ3) is 2.13. The highest BCUT2D eigenvalue weighted by atomic mass is 16.1. The molecule has 3 fully saturated rings. The fourth-order valence-corrected chi connectivity index (χ4v) is 4.83. The van der Waals surface area contributed by atoms with Crippen LogP contribution in [-0.2, 0) is 4.79 Å². The van der Waals surface area contributed by atoms with Crippen LogP contribution < -0.4 is 0 Å². The van der Waals surface area contributed by atoms with Gasteiger partial charge < -0.3 is 0 Å². The molecule has 0 aromatic heterocycles. The Hall–Kier alpha value is -0.370. The van der Waals surface area contributed by atoms with Crippen LogP contribution in [0.15, 0.2) is 0 Å². The molecule has 3 aliphatic rings. The lowest BCUT2D eigenvalue weighted by Gasteiger charge is -2.47. The van der Waals surface area contributed by atoms with Crippen LogP contribution in [0.4, 0.5) is 0 Å². The number of carbonyl (C=O) groups excluding carboxylic acids is 1. The summed E-state index contributed by atoms with van der Waals surface area (Å²) >= 11 is 0. The van der Waals surface area contributed by atoms with E-state index in [1.54, 1.807) is 0 Å². The van der Waals surface area contributed by atoms with Crippen LogP contribution in [0, 0.1) is 11.8 Å². The summed E-state index contributed by atoms with van der Waals surface area (Å²) in [4.78, 5) is 14.5. The first-order valence-electron chi connectivity index (χ1n) is 7.96. The van der Waals surface area contributed by atoms with E-state index in [9.17, 15) is 4.79 Å². The minimum absolute atomic E-state index is 0.524. The Morgan fingerprint density at radius 3 is 2.22 bits per heavy atom. The molecule has 0 N–H and O–H groups in total. The summed E-state index contributed by atoms with van der Waals surface area (Å²) in [6.07, 6.45) is 9.85. The van der Waals surface area contributed by atoms with Gasteiger partial charge in [-0.25, -0.2) is 0 Å². The van der Waals surface area contributed by atoms with Crippen LogP contribution in [0.25, 0.3) is 0 Å². The third-order valence-corrected chi connectivity index (χ3v) is 5.62. The minimum Gasteiger partial charge on any atom is -0.300 e. The van der Waals surface area contributed by atoms with Crippen molar-refractivity contribution >= 4 is 5.78 Å². The molecule has 3 rings (SSSR count). The van der Waals surface area contributed by atoms with Crippen molar-refractivity contribution in [2.75, 3.05) is 0 Å². The molecule has 4 unspecified atom stereocenters. The fourth-order valence-electron chi connectivity index (χ4n) is 4.83. The zero-order chi connectivity index (χ0) is 12.7. The van der Waals surface area contributed by atoms with Gasteiger partial charge in [-0.3, -0.25) is 9.69 Å². The lowest BCUT2D eigenvalue weighted by Crippen LogP contribution is -2.53. The first-order valence-corrected chi connectivity index (χ1v) is 7.96. The molecule has 2 heteroatoms. The number of hydrogen-bond acceptors (Lipinski definition) is 2. The Balaban J connectivity index is 1.78. The van der Waals surface area contributed by atoms with Crippen LogP contribution in [0.1, 0.15) is 65.2 Å². The first kappa shape index (κ1) is 12.7. The van der Waals surface area contributed by atoms with E-state index in [1.807, 2.05) is 0 Å². The molecule has 2 aliphatic heterocycles. The summed E-state index contributed by atoms with van der Waals surface area (Å²) < 4.78 is 0. The van der Waals surface area contributed by atoms with E-state index in [4.69, 9.17) is 0 Å². The number of piperidine rings is 1. The molecule has 0 aromatic rings. The van der Waals surface area contributed by atoms with Gasteiger partial charge in [0.1, 0.15) is 5.78 Å². The average Bonchev–Trinajstić information content (AvgIpc) is 2.61. The minimum atomic E-state index is 0.524. The van der Waals surface area contributed by atoms with E-state index in [2.05, 4.69) is 18.7 Å². The van der Waals surface area contributed by atoms with Crippen molar-refractivity contribution < 1.29 is 4.79 Å². The standard InChI is InChI=1S/C16H27NO/c1-11(2)15-5-3-4-6-16(15)17-12-7-8-13(17)10-14(18)9-12/h11-13,15-16H,3-10H2,1-2H3. The summed E-state index contributed by atoms with van der Waals surface area (Å²) in [5.41, 5.74) is 0. The van der Waals surface area contributed by atoms with Crippen LogP contribution in [0.2, 0.25) is 0 Å². The number of nitrogens with zero attached hydrogens (tertiary/aromatic N) is 1. The van der Waals surface area contributed by atoms with Crippen molar-refractivity contribution in [3.63, 3.8) is 0 Å². The number of carbonyl (C=O) groups is 1. The molecule has 2 bridgehead atoms. The largest absolute Gasteiger partial charge is 0.300 e. The van der Waals surface area contributed by atoms with Gasteiger partial charge in [0.15, 0.2) is 0 Å². The molecule has 0 amide bonds. The average molecular weight is 249 g/mol. The second kappa shape index (κ2) is 4.96. The summed E-state index contributed by atoms with van der Waals surface area (Å²) in [5, 5.41) is 0. The van der Waals surface area contributed by atoms with Crippen molar-refractivity contribution in [3.8, 4) is 0 Å². The van der Waals surface area contributed by atoms with E-state index < -0.39 is 0 Å². The molecular weight excluding hydrogens is 222 g/mol. The van der Waals surface area contributed by atoms with Crippen LogP contribution in [0.3, 0.4) is 0 Å². The zero-order valence-electron chi connectivity index (χ0n) is 11.9. The van der Waals surface area contributed by atoms with Crippen molar-refractivity contribution in [2.45, 2.75) is 83.3 Å². The second-order valence-electron chi connectivity index (χ2n) is 7.04. The van der Waals surface area contributed by atoms with Gasteiger partial charge >= 0.3 is 0 Å². The molecular formula is C16H27NO. The molecule has 1 saturated carbocycles. The smallest absolute Gasteiger partial charge is 0.136 e. The van der Waals surface area contributed by atoms with Gasteiger partial charge in [-0.2, -0.15) is 0 Å². The van der Waals surface area contributed by atoms with Gasteiger partial charge in [-0.1, -0.05) is 26.7 Å². The highest BCUT2D eigenvalue weighted by Gasteiger charge is 2.46. The van der Waals surface area contributed by atoms with E-state index in [0.717, 1.165) is 30.7 Å². The number of ketones is 1. The monoisotopic (exact) mass is 249 g/mol. The molecule has 18 heavy (non-hydrogen) atoms. The molecule has 2 nitrogen and oxygen atoms in total. The quantitative estimate of drug-likeness (QED) is 0.747.